The maximum atomic E-state index is 2.34. The molecule has 0 saturated carbocycles. The van der Waals surface area contributed by atoms with Crippen LogP contribution in [0.4, 0.5) is 34.1 Å². The first-order chi connectivity index (χ1) is 27.4. The summed E-state index contributed by atoms with van der Waals surface area (Å²) in [6.07, 6.45) is 4.37. The van der Waals surface area contributed by atoms with Gasteiger partial charge in [0.2, 0.25) is 0 Å². The topological polar surface area (TPSA) is 6.48 Å². The number of nitrogens with zero attached hydrogens (tertiary/aromatic N) is 2. The Bertz CT molecular complexity index is 2410. The molecule has 2 nitrogen and oxygen atoms in total. The summed E-state index contributed by atoms with van der Waals surface area (Å²) >= 11 is 0. The van der Waals surface area contributed by atoms with Crippen molar-refractivity contribution in [2.45, 2.75) is 27.7 Å². The van der Waals surface area contributed by atoms with Gasteiger partial charge >= 0.3 is 0 Å². The lowest BCUT2D eigenvalue weighted by molar-refractivity contribution is 1.24. The number of aryl methyl sites for hydroxylation is 4. The van der Waals surface area contributed by atoms with Crippen LogP contribution >= 0.6 is 0 Å². The van der Waals surface area contributed by atoms with Crippen molar-refractivity contribution in [1.29, 1.82) is 0 Å². The molecule has 0 saturated heterocycles. The van der Waals surface area contributed by atoms with Crippen LogP contribution in [0.25, 0.3) is 34.4 Å². The molecule has 0 spiro atoms. The first-order valence-electron chi connectivity index (χ1n) is 19.3. The second-order valence-electron chi connectivity index (χ2n) is 14.6. The number of hydrogen-bond donors (Lipinski definition) is 0. The van der Waals surface area contributed by atoms with Crippen molar-refractivity contribution >= 4 is 46.3 Å². The Hall–Kier alpha value is -6.90. The van der Waals surface area contributed by atoms with Gasteiger partial charge in [-0.25, -0.2) is 0 Å². The minimum absolute atomic E-state index is 1.14. The zero-order valence-electron chi connectivity index (χ0n) is 32.5. The van der Waals surface area contributed by atoms with E-state index in [0.29, 0.717) is 0 Å². The van der Waals surface area contributed by atoms with E-state index in [9.17, 15) is 0 Å². The molecule has 0 aliphatic rings. The van der Waals surface area contributed by atoms with Gasteiger partial charge in [0, 0.05) is 34.1 Å². The Morgan fingerprint density at radius 2 is 0.643 bits per heavy atom. The van der Waals surface area contributed by atoms with E-state index in [1.54, 1.807) is 0 Å². The summed E-state index contributed by atoms with van der Waals surface area (Å²) in [5.41, 5.74) is 19.0. The van der Waals surface area contributed by atoms with Crippen molar-refractivity contribution in [3.63, 3.8) is 0 Å². The first-order valence-corrected chi connectivity index (χ1v) is 19.3. The number of hydrogen-bond acceptors (Lipinski definition) is 2. The third kappa shape index (κ3) is 7.97. The van der Waals surface area contributed by atoms with Gasteiger partial charge in [0.15, 0.2) is 0 Å². The smallest absolute Gasteiger partial charge is 0.0490 e. The Balaban J connectivity index is 0.954. The number of benzene rings is 8. The summed E-state index contributed by atoms with van der Waals surface area (Å²) < 4.78 is 0. The summed E-state index contributed by atoms with van der Waals surface area (Å²) in [6, 6.07) is 69.9. The molecular weight excluding hydrogens is 677 g/mol. The predicted molar refractivity (Wildman–Crippen MR) is 241 cm³/mol. The highest BCUT2D eigenvalue weighted by Gasteiger charge is 2.16. The monoisotopic (exact) mass is 722 g/mol. The van der Waals surface area contributed by atoms with Crippen molar-refractivity contribution < 1.29 is 0 Å². The summed E-state index contributed by atoms with van der Waals surface area (Å²) in [4.78, 5) is 4.69. The SMILES string of the molecule is Cc1cccc(N(c2ccc(-c3ccc(/C=C/c4ccc(-c5ccc(N(c6cccc(C)c6)c6ccccc6C)cc5)cc4)cc3)cc2)c2ccccc2C)c1. The Morgan fingerprint density at radius 3 is 0.982 bits per heavy atom. The average Bonchev–Trinajstić information content (AvgIpc) is 3.23. The van der Waals surface area contributed by atoms with Gasteiger partial charge in [-0.2, -0.15) is 0 Å². The van der Waals surface area contributed by atoms with Crippen LogP contribution in [0.5, 0.6) is 0 Å². The van der Waals surface area contributed by atoms with E-state index in [1.807, 2.05) is 0 Å². The molecule has 56 heavy (non-hydrogen) atoms. The summed E-state index contributed by atoms with van der Waals surface area (Å²) in [5.74, 6) is 0. The molecule has 0 fully saturated rings. The van der Waals surface area contributed by atoms with Gasteiger partial charge in [-0.15, -0.1) is 0 Å². The molecule has 0 atom stereocenters. The van der Waals surface area contributed by atoms with Gasteiger partial charge in [-0.3, -0.25) is 0 Å². The van der Waals surface area contributed by atoms with Crippen LogP contribution in [0.3, 0.4) is 0 Å². The van der Waals surface area contributed by atoms with Gasteiger partial charge in [0.05, 0.1) is 0 Å². The fraction of sp³-hybridized carbons (Fsp3) is 0.0741. The quantitative estimate of drug-likeness (QED) is 0.130. The van der Waals surface area contributed by atoms with Gasteiger partial charge in [0.1, 0.15) is 0 Å². The van der Waals surface area contributed by atoms with E-state index >= 15 is 0 Å². The minimum Gasteiger partial charge on any atom is -0.310 e. The highest BCUT2D eigenvalue weighted by atomic mass is 15.1. The molecule has 2 heteroatoms. The fourth-order valence-electron chi connectivity index (χ4n) is 7.39. The van der Waals surface area contributed by atoms with E-state index in [2.05, 4.69) is 244 Å². The van der Waals surface area contributed by atoms with E-state index in [-0.39, 0.29) is 0 Å². The Kier molecular flexibility index (Phi) is 10.5. The average molecular weight is 723 g/mol. The Morgan fingerprint density at radius 1 is 0.304 bits per heavy atom. The molecule has 0 heterocycles. The number of para-hydroxylation sites is 2. The molecule has 8 aromatic rings. The molecule has 0 aliphatic carbocycles. The molecule has 0 radical (unpaired) electrons. The standard InChI is InChI=1S/C54H46N2/c1-39-11-9-15-51(37-39)55(53-17-7-5-13-41(53)3)49-33-29-47(30-34-49)45-25-21-43(22-26-45)19-20-44-23-27-46(28-24-44)48-31-35-50(36-32-48)56(52-16-10-12-40(2)38-52)54-18-8-6-14-42(54)4/h5-38H,1-4H3/b20-19+. The maximum absolute atomic E-state index is 2.34. The number of rotatable bonds is 10. The van der Waals surface area contributed by atoms with Crippen LogP contribution in [0, 0.1) is 27.7 Å². The molecule has 0 aliphatic heterocycles. The van der Waals surface area contributed by atoms with Crippen molar-refractivity contribution in [3.8, 4) is 22.3 Å². The normalized spacial score (nSPS) is 11.1. The van der Waals surface area contributed by atoms with Gasteiger partial charge in [-0.05, 0) is 144 Å². The molecule has 0 N–H and O–H groups in total. The van der Waals surface area contributed by atoms with Crippen LogP contribution in [-0.4, -0.2) is 0 Å². The van der Waals surface area contributed by atoms with E-state index in [4.69, 9.17) is 0 Å². The van der Waals surface area contributed by atoms with Gasteiger partial charge in [0.25, 0.3) is 0 Å². The van der Waals surface area contributed by atoms with Crippen molar-refractivity contribution in [1.82, 2.24) is 0 Å². The lowest BCUT2D eigenvalue weighted by Gasteiger charge is -2.27. The van der Waals surface area contributed by atoms with Crippen LogP contribution in [0.2, 0.25) is 0 Å². The van der Waals surface area contributed by atoms with Gasteiger partial charge in [-0.1, -0.05) is 146 Å². The minimum atomic E-state index is 1.14. The molecule has 0 aromatic heterocycles. The molecule has 8 aromatic carbocycles. The van der Waals surface area contributed by atoms with E-state index in [1.165, 1.54) is 67.0 Å². The highest BCUT2D eigenvalue weighted by Crippen LogP contribution is 2.39. The van der Waals surface area contributed by atoms with Gasteiger partial charge < -0.3 is 9.80 Å². The summed E-state index contributed by atoms with van der Waals surface area (Å²) in [6.45, 7) is 8.63. The molecule has 0 amide bonds. The molecular formula is C54H46N2. The van der Waals surface area contributed by atoms with Crippen molar-refractivity contribution in [3.05, 3.63) is 228 Å². The van der Waals surface area contributed by atoms with Crippen LogP contribution in [0.1, 0.15) is 33.4 Å². The fourth-order valence-corrected chi connectivity index (χ4v) is 7.39. The highest BCUT2D eigenvalue weighted by molar-refractivity contribution is 5.82. The Labute approximate surface area is 332 Å². The predicted octanol–water partition coefficient (Wildman–Crippen LogP) is 15.4. The second-order valence-corrected chi connectivity index (χ2v) is 14.6. The van der Waals surface area contributed by atoms with E-state index < -0.39 is 0 Å². The summed E-state index contributed by atoms with van der Waals surface area (Å²) in [5, 5.41) is 0. The lowest BCUT2D eigenvalue weighted by Crippen LogP contribution is -2.11. The molecule has 0 bridgehead atoms. The van der Waals surface area contributed by atoms with Crippen LogP contribution in [-0.2, 0) is 0 Å². The zero-order chi connectivity index (χ0) is 38.4. The van der Waals surface area contributed by atoms with Crippen LogP contribution in [0.15, 0.2) is 194 Å². The third-order valence-electron chi connectivity index (χ3n) is 10.4. The third-order valence-corrected chi connectivity index (χ3v) is 10.4. The molecule has 8 rings (SSSR count). The van der Waals surface area contributed by atoms with E-state index in [0.717, 1.165) is 22.7 Å². The molecule has 0 unspecified atom stereocenters. The van der Waals surface area contributed by atoms with Crippen LogP contribution < -0.4 is 9.80 Å². The summed E-state index contributed by atoms with van der Waals surface area (Å²) in [7, 11) is 0. The lowest BCUT2D eigenvalue weighted by atomic mass is 10.0. The largest absolute Gasteiger partial charge is 0.310 e. The second kappa shape index (κ2) is 16.2. The van der Waals surface area contributed by atoms with Crippen molar-refractivity contribution in [2.75, 3.05) is 9.80 Å². The first kappa shape index (κ1) is 36.1. The number of anilines is 6. The van der Waals surface area contributed by atoms with Crippen molar-refractivity contribution in [2.24, 2.45) is 0 Å². The zero-order valence-corrected chi connectivity index (χ0v) is 32.5. The maximum Gasteiger partial charge on any atom is 0.0490 e. The molecule has 272 valence electrons.